The van der Waals surface area contributed by atoms with E-state index >= 15 is 0 Å². The fraction of sp³-hybridized carbons (Fsp3) is 0.333. The molecule has 0 heteroatoms. The number of hydrogen-bond donors (Lipinski definition) is 0. The molecule has 0 amide bonds. The van der Waals surface area contributed by atoms with Gasteiger partial charge in [0, 0.05) is 0 Å². The van der Waals surface area contributed by atoms with Gasteiger partial charge >= 0.3 is 0 Å². The molecule has 1 aliphatic carbocycles. The molecule has 2 aromatic carbocycles. The summed E-state index contributed by atoms with van der Waals surface area (Å²) in [5.74, 6) is 0.467. The van der Waals surface area contributed by atoms with Crippen LogP contribution in [0.4, 0.5) is 0 Å². The molecule has 0 fully saturated rings. The second-order valence-corrected chi connectivity index (χ2v) is 8.77. The van der Waals surface area contributed by atoms with E-state index in [1.807, 2.05) is 0 Å². The van der Waals surface area contributed by atoms with E-state index in [0.29, 0.717) is 5.92 Å². The van der Waals surface area contributed by atoms with E-state index in [4.69, 9.17) is 0 Å². The van der Waals surface area contributed by atoms with E-state index < -0.39 is 0 Å². The van der Waals surface area contributed by atoms with Crippen LogP contribution in [0, 0.1) is 19.8 Å². The third-order valence-corrected chi connectivity index (χ3v) is 6.07. The van der Waals surface area contributed by atoms with Gasteiger partial charge in [-0.25, -0.2) is 0 Å². The maximum Gasteiger partial charge on any atom is -0.00109 e. The monoisotopic (exact) mass is 396 g/mol. The molecule has 0 aromatic heterocycles. The highest BCUT2D eigenvalue weighted by molar-refractivity contribution is 5.65. The maximum absolute atomic E-state index is 4.11. The Balaban J connectivity index is 1.64. The first-order chi connectivity index (χ1) is 14.4. The summed E-state index contributed by atoms with van der Waals surface area (Å²) < 4.78 is 0. The van der Waals surface area contributed by atoms with Crippen LogP contribution in [0.25, 0.3) is 11.1 Å². The van der Waals surface area contributed by atoms with E-state index in [0.717, 1.165) is 32.1 Å². The number of benzene rings is 2. The van der Waals surface area contributed by atoms with Gasteiger partial charge in [0.25, 0.3) is 0 Å². The maximum atomic E-state index is 4.11. The van der Waals surface area contributed by atoms with Crippen molar-refractivity contribution in [2.45, 2.75) is 59.8 Å². The summed E-state index contributed by atoms with van der Waals surface area (Å²) in [7, 11) is 0. The predicted molar refractivity (Wildman–Crippen MR) is 133 cm³/mol. The van der Waals surface area contributed by atoms with Gasteiger partial charge in [-0.1, -0.05) is 109 Å². The molecule has 0 nitrogen and oxygen atoms in total. The van der Waals surface area contributed by atoms with Crippen molar-refractivity contribution in [1.82, 2.24) is 0 Å². The van der Waals surface area contributed by atoms with Crippen molar-refractivity contribution in [3.63, 3.8) is 0 Å². The van der Waals surface area contributed by atoms with Crippen LogP contribution < -0.4 is 0 Å². The van der Waals surface area contributed by atoms with Crippen molar-refractivity contribution in [3.05, 3.63) is 107 Å². The molecule has 30 heavy (non-hydrogen) atoms. The largest absolute Gasteiger partial charge is 0.0958 e. The van der Waals surface area contributed by atoms with E-state index in [9.17, 15) is 0 Å². The minimum atomic E-state index is 0.467. The first kappa shape index (κ1) is 22.1. The Morgan fingerprint density at radius 2 is 1.70 bits per heavy atom. The van der Waals surface area contributed by atoms with Crippen LogP contribution in [0.2, 0.25) is 0 Å². The molecule has 0 N–H and O–H groups in total. The number of rotatable bonds is 7. The van der Waals surface area contributed by atoms with Crippen LogP contribution >= 0.6 is 0 Å². The Kier molecular flexibility index (Phi) is 7.69. The van der Waals surface area contributed by atoms with Crippen LogP contribution in [0.5, 0.6) is 0 Å². The highest BCUT2D eigenvalue weighted by atomic mass is 14.1. The molecule has 1 unspecified atom stereocenters. The van der Waals surface area contributed by atoms with Crippen LogP contribution in [-0.2, 0) is 6.42 Å². The minimum Gasteiger partial charge on any atom is -0.0958 e. The van der Waals surface area contributed by atoms with Crippen molar-refractivity contribution < 1.29 is 0 Å². The van der Waals surface area contributed by atoms with Gasteiger partial charge in [0.2, 0.25) is 0 Å². The minimum absolute atomic E-state index is 0.467. The summed E-state index contributed by atoms with van der Waals surface area (Å²) in [5, 5.41) is 0. The summed E-state index contributed by atoms with van der Waals surface area (Å²) >= 11 is 0. The van der Waals surface area contributed by atoms with Crippen molar-refractivity contribution in [2.24, 2.45) is 5.92 Å². The topological polar surface area (TPSA) is 0 Å². The Hall–Kier alpha value is -2.60. The van der Waals surface area contributed by atoms with E-state index in [2.05, 4.69) is 101 Å². The number of hydrogen-bond acceptors (Lipinski definition) is 0. The summed E-state index contributed by atoms with van der Waals surface area (Å²) in [5.41, 5.74) is 10.9. The highest BCUT2D eigenvalue weighted by Gasteiger charge is 2.08. The molecule has 0 heterocycles. The SMILES string of the molecule is C=C1C=CC(C(C)C=C(CC)CCc2ccc(-c3cc(C)cc(C)c3)cc2)=CCC1. The van der Waals surface area contributed by atoms with Crippen molar-refractivity contribution >= 4 is 0 Å². The van der Waals surface area contributed by atoms with E-state index in [-0.39, 0.29) is 0 Å². The summed E-state index contributed by atoms with van der Waals surface area (Å²) in [6.07, 6.45) is 14.8. The van der Waals surface area contributed by atoms with Crippen LogP contribution in [-0.4, -0.2) is 0 Å². The van der Waals surface area contributed by atoms with Gasteiger partial charge in [0.05, 0.1) is 0 Å². The summed E-state index contributed by atoms with van der Waals surface area (Å²) in [6, 6.07) is 15.9. The zero-order chi connectivity index (χ0) is 21.5. The molecule has 156 valence electrons. The van der Waals surface area contributed by atoms with Gasteiger partial charge in [-0.05, 0) is 74.1 Å². The fourth-order valence-corrected chi connectivity index (χ4v) is 4.27. The Bertz CT molecular complexity index is 943. The van der Waals surface area contributed by atoms with Crippen molar-refractivity contribution in [1.29, 1.82) is 0 Å². The number of aryl methyl sites for hydroxylation is 3. The van der Waals surface area contributed by atoms with Crippen LogP contribution in [0.15, 0.2) is 90.1 Å². The van der Waals surface area contributed by atoms with E-state index in [1.165, 1.54) is 39.0 Å². The first-order valence-corrected chi connectivity index (χ1v) is 11.4. The average Bonchev–Trinajstić information content (AvgIpc) is 2.95. The van der Waals surface area contributed by atoms with Crippen LogP contribution in [0.1, 0.15) is 56.2 Å². The smallest absolute Gasteiger partial charge is 0.00109 e. The molecule has 0 bridgehead atoms. The van der Waals surface area contributed by atoms with Gasteiger partial charge in [-0.15, -0.1) is 0 Å². The van der Waals surface area contributed by atoms with Crippen molar-refractivity contribution in [2.75, 3.05) is 0 Å². The molecule has 3 rings (SSSR count). The molecule has 0 saturated carbocycles. The molecular weight excluding hydrogens is 360 g/mol. The fourth-order valence-electron chi connectivity index (χ4n) is 4.27. The van der Waals surface area contributed by atoms with E-state index in [1.54, 1.807) is 5.57 Å². The molecule has 1 atom stereocenters. The summed E-state index contributed by atoms with van der Waals surface area (Å²) in [6.45, 7) is 13.0. The predicted octanol–water partition coefficient (Wildman–Crippen LogP) is 8.71. The zero-order valence-electron chi connectivity index (χ0n) is 19.2. The summed E-state index contributed by atoms with van der Waals surface area (Å²) in [4.78, 5) is 0. The molecule has 1 aliphatic rings. The lowest BCUT2D eigenvalue weighted by molar-refractivity contribution is 0.815. The van der Waals surface area contributed by atoms with Gasteiger partial charge in [-0.3, -0.25) is 0 Å². The van der Waals surface area contributed by atoms with Gasteiger partial charge in [-0.2, -0.15) is 0 Å². The quantitative estimate of drug-likeness (QED) is 0.410. The molecule has 0 saturated heterocycles. The standard InChI is InChI=1S/C30H36/c1-6-26(21-25(5)28-9-7-8-22(2)10-15-28)11-12-27-13-16-29(17-14-27)30-19-23(3)18-24(4)20-30/h9-10,13-21,25H,2,6-8,11-12H2,1,3-5H3. The van der Waals surface area contributed by atoms with Gasteiger partial charge in [0.15, 0.2) is 0 Å². The van der Waals surface area contributed by atoms with Crippen LogP contribution in [0.3, 0.4) is 0 Å². The lowest BCUT2D eigenvalue weighted by Gasteiger charge is -2.12. The molecule has 0 spiro atoms. The Morgan fingerprint density at radius 3 is 2.37 bits per heavy atom. The average molecular weight is 397 g/mol. The molecule has 0 aliphatic heterocycles. The molecule has 0 radical (unpaired) electrons. The van der Waals surface area contributed by atoms with Gasteiger partial charge in [0.1, 0.15) is 0 Å². The van der Waals surface area contributed by atoms with Gasteiger partial charge < -0.3 is 0 Å². The zero-order valence-corrected chi connectivity index (χ0v) is 19.2. The Labute approximate surface area is 183 Å². The third-order valence-electron chi connectivity index (χ3n) is 6.07. The molecular formula is C30H36. The lowest BCUT2D eigenvalue weighted by atomic mass is 9.93. The first-order valence-electron chi connectivity index (χ1n) is 11.4. The van der Waals surface area contributed by atoms with Crippen molar-refractivity contribution in [3.8, 4) is 11.1 Å². The molecule has 2 aromatic rings. The normalized spacial score (nSPS) is 15.7. The third kappa shape index (κ3) is 6.20. The highest BCUT2D eigenvalue weighted by Crippen LogP contribution is 2.26. The lowest BCUT2D eigenvalue weighted by Crippen LogP contribution is -1.97. The number of allylic oxidation sites excluding steroid dienone is 7. The second kappa shape index (κ2) is 10.4. The Morgan fingerprint density at radius 1 is 1.00 bits per heavy atom. The second-order valence-electron chi connectivity index (χ2n) is 8.77.